The number of carbonyl (C=O) groups is 1. The van der Waals surface area contributed by atoms with E-state index in [9.17, 15) is 9.90 Å². The van der Waals surface area contributed by atoms with Crippen LogP contribution in [-0.2, 0) is 31.3 Å². The summed E-state index contributed by atoms with van der Waals surface area (Å²) in [5.41, 5.74) is 5.68. The van der Waals surface area contributed by atoms with Crippen molar-refractivity contribution in [2.45, 2.75) is 87.5 Å². The van der Waals surface area contributed by atoms with Crippen molar-refractivity contribution in [3.63, 3.8) is 0 Å². The Kier molecular flexibility index (Phi) is 11.7. The second kappa shape index (κ2) is 14.6. The molecule has 5 heteroatoms. The SMILES string of the molecule is CCC(CC)C(=O)/C=C(\O)C(CC)CC.Cc1c[c-]c2c3c(cccc13)Oc1cc3c(CC(C)(C)C)cccc3nc1-2.[Ir]. The average Bonchev–Trinajstić information content (AvgIpc) is 2.95. The Hall–Kier alpha value is -3.01. The van der Waals surface area contributed by atoms with Crippen molar-refractivity contribution in [2.75, 3.05) is 0 Å². The second-order valence-electron chi connectivity index (χ2n) is 12.7. The number of aliphatic hydroxyl groups excluding tert-OH is 1. The Balaban J connectivity index is 0.000000274. The van der Waals surface area contributed by atoms with Crippen molar-refractivity contribution < 1.29 is 34.7 Å². The Morgan fingerprint density at radius 1 is 0.953 bits per heavy atom. The van der Waals surface area contributed by atoms with E-state index in [1.165, 1.54) is 28.0 Å². The number of ether oxygens (including phenoxy) is 1. The van der Waals surface area contributed by atoms with Gasteiger partial charge in [0.25, 0.3) is 0 Å². The summed E-state index contributed by atoms with van der Waals surface area (Å²) in [6.07, 6.45) is 5.91. The average molecular weight is 757 g/mol. The molecule has 0 fully saturated rings. The van der Waals surface area contributed by atoms with Gasteiger partial charge in [0.2, 0.25) is 0 Å². The molecule has 1 N–H and O–H groups in total. The molecule has 4 aromatic rings. The van der Waals surface area contributed by atoms with Crippen LogP contribution in [-0.4, -0.2) is 15.9 Å². The fourth-order valence-electron chi connectivity index (χ4n) is 5.84. The van der Waals surface area contributed by atoms with Gasteiger partial charge in [-0.3, -0.25) is 9.78 Å². The Morgan fingerprint density at radius 2 is 1.60 bits per heavy atom. The third-order valence-electron chi connectivity index (χ3n) is 8.31. The van der Waals surface area contributed by atoms with Crippen molar-refractivity contribution in [1.29, 1.82) is 0 Å². The Morgan fingerprint density at radius 3 is 2.23 bits per heavy atom. The molecule has 0 amide bonds. The molecule has 4 nitrogen and oxygen atoms in total. The molecule has 0 unspecified atom stereocenters. The number of nitrogens with zero attached hydrogens (tertiary/aromatic N) is 1. The van der Waals surface area contributed by atoms with Gasteiger partial charge in [-0.2, -0.15) is 0 Å². The summed E-state index contributed by atoms with van der Waals surface area (Å²) in [6.45, 7) is 17.0. The molecular formula is C38H46IrNO3-. The molecule has 3 aromatic carbocycles. The molecule has 0 bridgehead atoms. The zero-order valence-corrected chi connectivity index (χ0v) is 29.3. The first-order valence-corrected chi connectivity index (χ1v) is 15.5. The molecule has 1 aliphatic rings. The van der Waals surface area contributed by atoms with Crippen LogP contribution in [0.2, 0.25) is 0 Å². The number of pyridine rings is 1. The van der Waals surface area contributed by atoms with E-state index in [1.807, 2.05) is 33.8 Å². The van der Waals surface area contributed by atoms with Crippen molar-refractivity contribution in [2.24, 2.45) is 17.3 Å². The molecule has 2 heterocycles. The van der Waals surface area contributed by atoms with E-state index in [-0.39, 0.29) is 48.9 Å². The van der Waals surface area contributed by atoms with Crippen LogP contribution in [0.5, 0.6) is 11.5 Å². The van der Waals surface area contributed by atoms with E-state index in [2.05, 4.69) is 76.2 Å². The van der Waals surface area contributed by atoms with Crippen LogP contribution in [0.1, 0.15) is 85.3 Å². The zero-order chi connectivity index (χ0) is 30.6. The number of aryl methyl sites for hydroxylation is 1. The van der Waals surface area contributed by atoms with Gasteiger partial charge in [0.15, 0.2) is 5.78 Å². The standard InChI is InChI=1S/C25H22NO.C13H24O2.Ir/c1-15-11-12-18-23-17(15)8-6-10-21(23)27-22-13-19-16(14-25(2,3)4)7-5-9-20(19)26-24(18)22;1-5-10(6-2)12(14)9-13(15)11(7-3)8-4;/h5-11,13H,14H2,1-4H3;9-11,14H,5-8H2,1-4H3;/q-1;;/b;12-9-;. The first-order chi connectivity index (χ1) is 20.0. The van der Waals surface area contributed by atoms with Crippen LogP contribution < -0.4 is 4.74 Å². The summed E-state index contributed by atoms with van der Waals surface area (Å²) in [4.78, 5) is 16.7. The third-order valence-corrected chi connectivity index (χ3v) is 8.31. The molecule has 0 saturated heterocycles. The molecular weight excluding hydrogens is 711 g/mol. The predicted molar refractivity (Wildman–Crippen MR) is 175 cm³/mol. The van der Waals surface area contributed by atoms with Gasteiger partial charge in [-0.15, -0.1) is 23.3 Å². The number of hydrogen-bond donors (Lipinski definition) is 1. The third kappa shape index (κ3) is 7.75. The monoisotopic (exact) mass is 757 g/mol. The number of aromatic nitrogens is 1. The van der Waals surface area contributed by atoms with E-state index < -0.39 is 0 Å². The number of rotatable bonds is 8. The minimum atomic E-state index is 0. The van der Waals surface area contributed by atoms with E-state index >= 15 is 0 Å². The maximum Gasteiger partial charge on any atom is 0.162 e. The van der Waals surface area contributed by atoms with Crippen molar-refractivity contribution in [1.82, 2.24) is 4.98 Å². The maximum atomic E-state index is 11.7. The zero-order valence-electron chi connectivity index (χ0n) is 26.9. The van der Waals surface area contributed by atoms with Crippen LogP contribution in [0.3, 0.4) is 0 Å². The van der Waals surface area contributed by atoms with Crippen LogP contribution >= 0.6 is 0 Å². The van der Waals surface area contributed by atoms with Crippen LogP contribution in [0.4, 0.5) is 0 Å². The molecule has 0 aliphatic carbocycles. The molecule has 0 saturated carbocycles. The number of fused-ring (bicyclic) bond motifs is 3. The minimum absolute atomic E-state index is 0. The maximum absolute atomic E-state index is 11.7. The fraction of sp³-hybridized carbons (Fsp3) is 0.421. The Bertz CT molecular complexity index is 1610. The van der Waals surface area contributed by atoms with E-state index in [4.69, 9.17) is 9.72 Å². The summed E-state index contributed by atoms with van der Waals surface area (Å²) < 4.78 is 6.32. The normalized spacial score (nSPS) is 12.5. The molecule has 1 radical (unpaired) electrons. The summed E-state index contributed by atoms with van der Waals surface area (Å²) in [5, 5.41) is 13.3. The summed E-state index contributed by atoms with van der Waals surface area (Å²) >= 11 is 0. The molecule has 0 atom stereocenters. The van der Waals surface area contributed by atoms with Gasteiger partial charge in [0, 0.05) is 49.1 Å². The topological polar surface area (TPSA) is 59.4 Å². The number of carbonyl (C=O) groups excluding carboxylic acids is 1. The van der Waals surface area contributed by atoms with Crippen LogP contribution in [0.15, 0.2) is 60.4 Å². The Labute approximate surface area is 271 Å². The molecule has 0 spiro atoms. The van der Waals surface area contributed by atoms with E-state index in [0.717, 1.165) is 65.8 Å². The number of allylic oxidation sites excluding steroid dienone is 2. The van der Waals surface area contributed by atoms with E-state index in [1.54, 1.807) is 0 Å². The van der Waals surface area contributed by atoms with Gasteiger partial charge in [-0.05, 0) is 61.3 Å². The van der Waals surface area contributed by atoms with Gasteiger partial charge >= 0.3 is 0 Å². The number of benzene rings is 3. The van der Waals surface area contributed by atoms with Gasteiger partial charge in [0.1, 0.15) is 5.75 Å². The van der Waals surface area contributed by atoms with Gasteiger partial charge in [-0.25, -0.2) is 0 Å². The number of hydrogen-bond acceptors (Lipinski definition) is 4. The molecule has 1 aromatic heterocycles. The van der Waals surface area contributed by atoms with Crippen LogP contribution in [0.25, 0.3) is 32.9 Å². The molecule has 5 rings (SSSR count). The summed E-state index contributed by atoms with van der Waals surface area (Å²) in [7, 11) is 0. The minimum Gasteiger partial charge on any atom is -0.512 e. The molecule has 43 heavy (non-hydrogen) atoms. The van der Waals surface area contributed by atoms with Crippen molar-refractivity contribution >= 4 is 27.5 Å². The number of ketones is 1. The van der Waals surface area contributed by atoms with Gasteiger partial charge < -0.3 is 9.84 Å². The van der Waals surface area contributed by atoms with E-state index in [0.29, 0.717) is 0 Å². The van der Waals surface area contributed by atoms with Crippen molar-refractivity contribution in [3.8, 4) is 22.8 Å². The fourth-order valence-corrected chi connectivity index (χ4v) is 5.84. The predicted octanol–water partition coefficient (Wildman–Crippen LogP) is 10.7. The molecule has 1 aliphatic heterocycles. The molecule has 231 valence electrons. The first-order valence-electron chi connectivity index (χ1n) is 15.5. The van der Waals surface area contributed by atoms with Gasteiger partial charge in [0.05, 0.1) is 17.0 Å². The second-order valence-corrected chi connectivity index (χ2v) is 12.7. The largest absolute Gasteiger partial charge is 0.512 e. The summed E-state index contributed by atoms with van der Waals surface area (Å²) in [5.74, 6) is 2.26. The van der Waals surface area contributed by atoms with Crippen LogP contribution in [0, 0.1) is 30.2 Å². The smallest absolute Gasteiger partial charge is 0.162 e. The summed E-state index contributed by atoms with van der Waals surface area (Å²) in [6, 6.07) is 20.3. The first kappa shape index (κ1) is 34.5. The van der Waals surface area contributed by atoms with Gasteiger partial charge in [-0.1, -0.05) is 90.4 Å². The number of aliphatic hydroxyl groups is 1. The quantitative estimate of drug-likeness (QED) is 0.0973. The van der Waals surface area contributed by atoms with Crippen molar-refractivity contribution in [3.05, 3.63) is 77.6 Å².